The number of benzene rings is 2. The Morgan fingerprint density at radius 2 is 1.87 bits per heavy atom. The van der Waals surface area contributed by atoms with Gasteiger partial charge in [-0.05, 0) is 43.3 Å². The number of carbonyl (C=O) groups excluding carboxylic acids is 1. The van der Waals surface area contributed by atoms with Gasteiger partial charge in [0.1, 0.15) is 17.1 Å². The Morgan fingerprint density at radius 3 is 2.57 bits per heavy atom. The summed E-state index contributed by atoms with van der Waals surface area (Å²) in [5.74, 6) is 0.940. The Balaban J connectivity index is 1.67. The van der Waals surface area contributed by atoms with Gasteiger partial charge in [-0.2, -0.15) is 0 Å². The lowest BCUT2D eigenvalue weighted by molar-refractivity contribution is -0.145. The highest BCUT2D eigenvalue weighted by atomic mass is 16.7. The van der Waals surface area contributed by atoms with E-state index in [4.69, 9.17) is 13.9 Å². The Kier molecular flexibility index (Phi) is 4.15. The molecule has 4 heteroatoms. The average molecular weight is 308 g/mol. The highest BCUT2D eigenvalue weighted by molar-refractivity contribution is 5.86. The van der Waals surface area contributed by atoms with E-state index in [1.165, 1.54) is 0 Å². The quantitative estimate of drug-likeness (QED) is 0.394. The summed E-state index contributed by atoms with van der Waals surface area (Å²) in [5, 5.41) is 1.06. The molecule has 0 bridgehead atoms. The summed E-state index contributed by atoms with van der Waals surface area (Å²) in [6.45, 7) is 4.95. The van der Waals surface area contributed by atoms with Gasteiger partial charge in [0.05, 0.1) is 0 Å². The van der Waals surface area contributed by atoms with E-state index in [9.17, 15) is 4.79 Å². The molecule has 4 nitrogen and oxygen atoms in total. The summed E-state index contributed by atoms with van der Waals surface area (Å²) < 4.78 is 16.1. The van der Waals surface area contributed by atoms with Gasteiger partial charge in [-0.1, -0.05) is 24.8 Å². The molecule has 0 aliphatic rings. The van der Waals surface area contributed by atoms with E-state index in [1.54, 1.807) is 19.1 Å². The van der Waals surface area contributed by atoms with Crippen LogP contribution in [-0.4, -0.2) is 12.8 Å². The van der Waals surface area contributed by atoms with Crippen molar-refractivity contribution in [3.63, 3.8) is 0 Å². The second-order valence-electron chi connectivity index (χ2n) is 5.15. The molecule has 0 unspecified atom stereocenters. The molecule has 0 amide bonds. The molecule has 1 aromatic heterocycles. The second-order valence-corrected chi connectivity index (χ2v) is 5.15. The van der Waals surface area contributed by atoms with Gasteiger partial charge < -0.3 is 13.9 Å². The number of rotatable bonds is 5. The van der Waals surface area contributed by atoms with Gasteiger partial charge in [-0.15, -0.1) is 0 Å². The number of hydrogen-bond donors (Lipinski definition) is 0. The third-order valence-electron chi connectivity index (χ3n) is 3.33. The zero-order valence-electron chi connectivity index (χ0n) is 12.7. The van der Waals surface area contributed by atoms with Crippen LogP contribution < -0.4 is 4.74 Å². The molecule has 0 spiro atoms. The minimum Gasteiger partial charge on any atom is -0.457 e. The highest BCUT2D eigenvalue weighted by Gasteiger charge is 2.06. The van der Waals surface area contributed by atoms with Gasteiger partial charge in [-0.25, -0.2) is 4.79 Å². The molecule has 1 heterocycles. The van der Waals surface area contributed by atoms with Crippen molar-refractivity contribution in [2.24, 2.45) is 0 Å². The van der Waals surface area contributed by atoms with E-state index in [0.717, 1.165) is 22.3 Å². The lowest BCUT2D eigenvalue weighted by Crippen LogP contribution is -2.10. The van der Waals surface area contributed by atoms with Crippen molar-refractivity contribution in [2.45, 2.75) is 6.92 Å². The van der Waals surface area contributed by atoms with Gasteiger partial charge in [-0.3, -0.25) is 0 Å². The van der Waals surface area contributed by atoms with Gasteiger partial charge in [0.15, 0.2) is 0 Å². The number of ether oxygens (including phenoxy) is 2. The molecule has 0 radical (unpaired) electrons. The number of fused-ring (bicyclic) bond motifs is 1. The van der Waals surface area contributed by atoms with Gasteiger partial charge in [0.2, 0.25) is 6.79 Å². The molecule has 0 aliphatic carbocycles. The maximum Gasteiger partial charge on any atom is 0.335 e. The molecule has 0 N–H and O–H groups in total. The summed E-state index contributed by atoms with van der Waals surface area (Å²) >= 11 is 0. The third kappa shape index (κ3) is 3.43. The van der Waals surface area contributed by atoms with Crippen molar-refractivity contribution >= 4 is 16.9 Å². The number of para-hydroxylation sites is 1. The van der Waals surface area contributed by atoms with E-state index in [0.29, 0.717) is 11.3 Å². The normalized spacial score (nSPS) is 10.5. The van der Waals surface area contributed by atoms with Crippen LogP contribution in [0.2, 0.25) is 0 Å². The Morgan fingerprint density at radius 1 is 1.13 bits per heavy atom. The first-order valence-corrected chi connectivity index (χ1v) is 7.18. The third-order valence-corrected chi connectivity index (χ3v) is 3.33. The van der Waals surface area contributed by atoms with E-state index in [2.05, 4.69) is 6.58 Å². The molecule has 0 saturated heterocycles. The van der Waals surface area contributed by atoms with Gasteiger partial charge >= 0.3 is 5.97 Å². The summed E-state index contributed by atoms with van der Waals surface area (Å²) in [5.41, 5.74) is 2.15. The molecule has 0 fully saturated rings. The van der Waals surface area contributed by atoms with Crippen molar-refractivity contribution in [2.75, 3.05) is 6.79 Å². The van der Waals surface area contributed by atoms with Crippen LogP contribution in [0.3, 0.4) is 0 Å². The summed E-state index contributed by atoms with van der Waals surface area (Å²) in [6, 6.07) is 17.3. The molecular weight excluding hydrogens is 292 g/mol. The van der Waals surface area contributed by atoms with Crippen molar-refractivity contribution in [1.29, 1.82) is 0 Å². The van der Waals surface area contributed by atoms with Crippen LogP contribution in [-0.2, 0) is 9.53 Å². The fourth-order valence-corrected chi connectivity index (χ4v) is 2.11. The summed E-state index contributed by atoms with van der Waals surface area (Å²) in [4.78, 5) is 11.2. The largest absolute Gasteiger partial charge is 0.457 e. The van der Waals surface area contributed by atoms with Crippen LogP contribution >= 0.6 is 0 Å². The Labute approximate surface area is 133 Å². The van der Waals surface area contributed by atoms with E-state index < -0.39 is 5.97 Å². The van der Waals surface area contributed by atoms with E-state index in [1.807, 2.05) is 42.5 Å². The second kappa shape index (κ2) is 6.40. The smallest absolute Gasteiger partial charge is 0.335 e. The van der Waals surface area contributed by atoms with Crippen molar-refractivity contribution in [1.82, 2.24) is 0 Å². The van der Waals surface area contributed by atoms with E-state index in [-0.39, 0.29) is 6.79 Å². The van der Waals surface area contributed by atoms with Crippen molar-refractivity contribution < 1.29 is 18.7 Å². The first kappa shape index (κ1) is 14.9. The van der Waals surface area contributed by atoms with Gasteiger partial charge in [0.25, 0.3) is 0 Å². The van der Waals surface area contributed by atoms with Crippen LogP contribution in [0.4, 0.5) is 0 Å². The predicted octanol–water partition coefficient (Wildman–Crippen LogP) is 4.56. The number of esters is 1. The fourth-order valence-electron chi connectivity index (χ4n) is 2.11. The molecule has 3 rings (SSSR count). The molecule has 116 valence electrons. The Bertz CT molecular complexity index is 810. The Hall–Kier alpha value is -3.01. The minimum absolute atomic E-state index is 0.143. The predicted molar refractivity (Wildman–Crippen MR) is 88.1 cm³/mol. The number of carbonyl (C=O) groups is 1. The molecule has 0 atom stereocenters. The van der Waals surface area contributed by atoms with Crippen LogP contribution in [0.1, 0.15) is 6.92 Å². The highest BCUT2D eigenvalue weighted by Crippen LogP contribution is 2.28. The minimum atomic E-state index is -0.469. The van der Waals surface area contributed by atoms with Crippen molar-refractivity contribution in [3.8, 4) is 17.1 Å². The summed E-state index contributed by atoms with van der Waals surface area (Å²) in [7, 11) is 0. The zero-order chi connectivity index (χ0) is 16.2. The topological polar surface area (TPSA) is 48.7 Å². The maximum absolute atomic E-state index is 11.2. The SMILES string of the molecule is C=C(C)C(=O)OCOc1ccc(-c2cc3ccccc3o2)cc1. The average Bonchev–Trinajstić information content (AvgIpc) is 2.99. The molecule has 23 heavy (non-hydrogen) atoms. The lowest BCUT2D eigenvalue weighted by Gasteiger charge is -2.07. The van der Waals surface area contributed by atoms with Crippen LogP contribution in [0, 0.1) is 0 Å². The monoisotopic (exact) mass is 308 g/mol. The zero-order valence-corrected chi connectivity index (χ0v) is 12.7. The lowest BCUT2D eigenvalue weighted by atomic mass is 10.1. The first-order chi connectivity index (χ1) is 11.1. The fraction of sp³-hybridized carbons (Fsp3) is 0.105. The standard InChI is InChI=1S/C19H16O4/c1-13(2)19(20)22-12-21-16-9-7-14(8-10-16)18-11-15-5-3-4-6-17(15)23-18/h3-11H,1,12H2,2H3. The molecule has 0 saturated carbocycles. The van der Waals surface area contributed by atoms with Crippen LogP contribution in [0.25, 0.3) is 22.3 Å². The molecule has 3 aromatic rings. The van der Waals surface area contributed by atoms with Crippen LogP contribution in [0.15, 0.2) is 71.2 Å². The van der Waals surface area contributed by atoms with E-state index >= 15 is 0 Å². The maximum atomic E-state index is 11.2. The van der Waals surface area contributed by atoms with Gasteiger partial charge in [0, 0.05) is 16.5 Å². The molecular formula is C19H16O4. The van der Waals surface area contributed by atoms with Crippen LogP contribution in [0.5, 0.6) is 5.75 Å². The summed E-state index contributed by atoms with van der Waals surface area (Å²) in [6.07, 6.45) is 0. The number of hydrogen-bond acceptors (Lipinski definition) is 4. The van der Waals surface area contributed by atoms with Crippen molar-refractivity contribution in [3.05, 3.63) is 66.7 Å². The first-order valence-electron chi connectivity index (χ1n) is 7.18. The number of furan rings is 1. The molecule has 0 aliphatic heterocycles. The molecule has 2 aromatic carbocycles.